The predicted molar refractivity (Wildman–Crippen MR) is 82.4 cm³/mol. The lowest BCUT2D eigenvalue weighted by Crippen LogP contribution is -2.43. The van der Waals surface area contributed by atoms with Crippen molar-refractivity contribution in [1.29, 1.82) is 0 Å². The second-order valence-corrected chi connectivity index (χ2v) is 5.79. The first-order valence-electron chi connectivity index (χ1n) is 7.95. The summed E-state index contributed by atoms with van der Waals surface area (Å²) < 4.78 is 13.7. The van der Waals surface area contributed by atoms with Crippen molar-refractivity contribution >= 4 is 5.91 Å². The van der Waals surface area contributed by atoms with Gasteiger partial charge in [0.15, 0.2) is 0 Å². The van der Waals surface area contributed by atoms with Crippen molar-refractivity contribution in [2.45, 2.75) is 51.0 Å². The van der Waals surface area contributed by atoms with Gasteiger partial charge in [-0.2, -0.15) is 0 Å². The number of rotatable bonds is 6. The molecule has 0 bridgehead atoms. The molecule has 1 saturated carbocycles. The molecule has 1 aromatic rings. The van der Waals surface area contributed by atoms with Gasteiger partial charge in [0.2, 0.25) is 5.91 Å². The van der Waals surface area contributed by atoms with Gasteiger partial charge in [-0.15, -0.1) is 0 Å². The smallest absolute Gasteiger partial charge is 0.227 e. The lowest BCUT2D eigenvalue weighted by molar-refractivity contribution is -0.133. The molecule has 0 heterocycles. The van der Waals surface area contributed by atoms with E-state index < -0.39 is 0 Å². The van der Waals surface area contributed by atoms with Crippen LogP contribution in [0.1, 0.15) is 44.1 Å². The van der Waals surface area contributed by atoms with Gasteiger partial charge in [0.25, 0.3) is 0 Å². The van der Waals surface area contributed by atoms with E-state index in [0.717, 1.165) is 19.3 Å². The standard InChI is InChI=1S/C17H25FN2O/c18-16-10-5-4-7-14(16)13-17(21)20(12-6-11-19)15-8-2-1-3-9-15/h4-5,7,10,15H,1-3,6,8-9,11-13,19H2. The molecule has 0 spiro atoms. The topological polar surface area (TPSA) is 46.3 Å². The SMILES string of the molecule is NCCCN(C(=O)Cc1ccccc1F)C1CCCCC1. The monoisotopic (exact) mass is 292 g/mol. The summed E-state index contributed by atoms with van der Waals surface area (Å²) in [5, 5.41) is 0. The van der Waals surface area contributed by atoms with E-state index in [1.54, 1.807) is 18.2 Å². The molecule has 0 radical (unpaired) electrons. The van der Waals surface area contributed by atoms with Crippen LogP contribution in [0.3, 0.4) is 0 Å². The molecule has 0 atom stereocenters. The van der Waals surface area contributed by atoms with Crippen molar-refractivity contribution in [3.63, 3.8) is 0 Å². The normalized spacial score (nSPS) is 15.9. The number of hydrogen-bond acceptors (Lipinski definition) is 2. The third-order valence-electron chi connectivity index (χ3n) is 4.24. The number of nitrogens with two attached hydrogens (primary N) is 1. The molecule has 116 valence electrons. The summed E-state index contributed by atoms with van der Waals surface area (Å²) >= 11 is 0. The van der Waals surface area contributed by atoms with E-state index >= 15 is 0 Å². The van der Waals surface area contributed by atoms with Crippen LogP contribution >= 0.6 is 0 Å². The van der Waals surface area contributed by atoms with Crippen LogP contribution in [0.2, 0.25) is 0 Å². The fraction of sp³-hybridized carbons (Fsp3) is 0.588. The predicted octanol–water partition coefficient (Wildman–Crippen LogP) is 2.88. The summed E-state index contributed by atoms with van der Waals surface area (Å²) in [5.41, 5.74) is 6.07. The van der Waals surface area contributed by atoms with Crippen molar-refractivity contribution in [2.75, 3.05) is 13.1 Å². The minimum absolute atomic E-state index is 0.0282. The third-order valence-corrected chi connectivity index (χ3v) is 4.24. The second kappa shape index (κ2) is 8.13. The highest BCUT2D eigenvalue weighted by atomic mass is 19.1. The molecule has 2 rings (SSSR count). The molecule has 1 amide bonds. The van der Waals surface area contributed by atoms with Gasteiger partial charge in [-0.1, -0.05) is 37.5 Å². The first kappa shape index (κ1) is 16.0. The molecule has 1 aromatic carbocycles. The first-order chi connectivity index (χ1) is 10.2. The highest BCUT2D eigenvalue weighted by Crippen LogP contribution is 2.23. The van der Waals surface area contributed by atoms with Crippen LogP contribution in [-0.2, 0) is 11.2 Å². The van der Waals surface area contributed by atoms with Crippen molar-refractivity contribution in [1.82, 2.24) is 4.90 Å². The average Bonchev–Trinajstić information content (AvgIpc) is 2.51. The van der Waals surface area contributed by atoms with Gasteiger partial charge in [0.05, 0.1) is 6.42 Å². The summed E-state index contributed by atoms with van der Waals surface area (Å²) in [6, 6.07) is 6.83. The fourth-order valence-corrected chi connectivity index (χ4v) is 3.07. The van der Waals surface area contributed by atoms with E-state index in [9.17, 15) is 9.18 Å². The molecule has 4 heteroatoms. The molecule has 0 aromatic heterocycles. The third kappa shape index (κ3) is 4.53. The number of carbonyl (C=O) groups excluding carboxylic acids is 1. The molecule has 1 fully saturated rings. The van der Waals surface area contributed by atoms with Crippen molar-refractivity contribution in [3.05, 3.63) is 35.6 Å². The van der Waals surface area contributed by atoms with Crippen molar-refractivity contribution in [2.24, 2.45) is 5.73 Å². The second-order valence-electron chi connectivity index (χ2n) is 5.79. The Labute approximate surface area is 126 Å². The maximum absolute atomic E-state index is 13.7. The zero-order chi connectivity index (χ0) is 15.1. The Morgan fingerprint density at radius 1 is 1.24 bits per heavy atom. The lowest BCUT2D eigenvalue weighted by atomic mass is 9.93. The van der Waals surface area contributed by atoms with Crippen LogP contribution in [0.4, 0.5) is 4.39 Å². The Balaban J connectivity index is 2.04. The number of benzene rings is 1. The molecule has 21 heavy (non-hydrogen) atoms. The van der Waals surface area contributed by atoms with Crippen LogP contribution in [0, 0.1) is 5.82 Å². The molecule has 1 aliphatic rings. The quantitative estimate of drug-likeness (QED) is 0.876. The molecular formula is C17H25FN2O. The fourth-order valence-electron chi connectivity index (χ4n) is 3.07. The molecule has 2 N–H and O–H groups in total. The Hall–Kier alpha value is -1.42. The number of hydrogen-bond donors (Lipinski definition) is 1. The Kier molecular flexibility index (Phi) is 6.18. The maximum atomic E-state index is 13.7. The first-order valence-corrected chi connectivity index (χ1v) is 7.95. The van der Waals surface area contributed by atoms with E-state index in [4.69, 9.17) is 5.73 Å². The van der Waals surface area contributed by atoms with Crippen LogP contribution < -0.4 is 5.73 Å². The van der Waals surface area contributed by atoms with Gasteiger partial charge in [0.1, 0.15) is 5.82 Å². The van der Waals surface area contributed by atoms with Crippen molar-refractivity contribution in [3.8, 4) is 0 Å². The van der Waals surface area contributed by atoms with Crippen LogP contribution in [0.5, 0.6) is 0 Å². The van der Waals surface area contributed by atoms with E-state index in [1.165, 1.54) is 25.3 Å². The van der Waals surface area contributed by atoms with Crippen LogP contribution in [-0.4, -0.2) is 29.9 Å². The Morgan fingerprint density at radius 2 is 1.95 bits per heavy atom. The average molecular weight is 292 g/mol. The highest BCUT2D eigenvalue weighted by molar-refractivity contribution is 5.79. The summed E-state index contributed by atoms with van der Waals surface area (Å²) in [4.78, 5) is 14.5. The van der Waals surface area contributed by atoms with Gasteiger partial charge >= 0.3 is 0 Å². The minimum atomic E-state index is -0.298. The molecule has 0 saturated heterocycles. The number of nitrogens with zero attached hydrogens (tertiary/aromatic N) is 1. The van der Waals surface area contributed by atoms with Gasteiger partial charge in [-0.05, 0) is 37.4 Å². The molecule has 0 aliphatic heterocycles. The zero-order valence-corrected chi connectivity index (χ0v) is 12.6. The van der Waals surface area contributed by atoms with Crippen molar-refractivity contribution < 1.29 is 9.18 Å². The molecule has 3 nitrogen and oxygen atoms in total. The van der Waals surface area contributed by atoms with E-state index in [1.807, 2.05) is 4.90 Å². The molecule has 1 aliphatic carbocycles. The molecule has 0 unspecified atom stereocenters. The summed E-state index contributed by atoms with van der Waals surface area (Å²) in [6.45, 7) is 1.27. The van der Waals surface area contributed by atoms with Crippen LogP contribution in [0.25, 0.3) is 0 Å². The van der Waals surface area contributed by atoms with E-state index in [0.29, 0.717) is 24.7 Å². The van der Waals surface area contributed by atoms with Gasteiger partial charge in [-0.25, -0.2) is 4.39 Å². The van der Waals surface area contributed by atoms with Gasteiger partial charge < -0.3 is 10.6 Å². The van der Waals surface area contributed by atoms with Gasteiger partial charge in [0, 0.05) is 12.6 Å². The Morgan fingerprint density at radius 3 is 2.62 bits per heavy atom. The summed E-state index contributed by atoms with van der Waals surface area (Å²) in [6.07, 6.45) is 6.69. The van der Waals surface area contributed by atoms with E-state index in [2.05, 4.69) is 0 Å². The van der Waals surface area contributed by atoms with Crippen LogP contribution in [0.15, 0.2) is 24.3 Å². The van der Waals surface area contributed by atoms with Gasteiger partial charge in [-0.3, -0.25) is 4.79 Å². The molecular weight excluding hydrogens is 267 g/mol. The Bertz CT molecular complexity index is 458. The number of amides is 1. The number of halogens is 1. The summed E-state index contributed by atoms with van der Waals surface area (Å²) in [7, 11) is 0. The van der Waals surface area contributed by atoms with E-state index in [-0.39, 0.29) is 18.1 Å². The number of carbonyl (C=O) groups is 1. The summed E-state index contributed by atoms with van der Waals surface area (Å²) in [5.74, 6) is -0.270. The lowest BCUT2D eigenvalue weighted by Gasteiger charge is -2.34. The highest BCUT2D eigenvalue weighted by Gasteiger charge is 2.25. The minimum Gasteiger partial charge on any atom is -0.339 e. The zero-order valence-electron chi connectivity index (χ0n) is 12.6. The maximum Gasteiger partial charge on any atom is 0.227 e. The largest absolute Gasteiger partial charge is 0.339 e.